The minimum Gasteiger partial charge on any atom is -0.395 e. The van der Waals surface area contributed by atoms with E-state index in [1.165, 1.54) is 21.8 Å². The van der Waals surface area contributed by atoms with Crippen LogP contribution in [-0.4, -0.2) is 76.6 Å². The lowest BCUT2D eigenvalue weighted by Gasteiger charge is -2.35. The molecule has 138 valence electrons. The van der Waals surface area contributed by atoms with Crippen molar-refractivity contribution >= 4 is 21.8 Å². The van der Waals surface area contributed by atoms with Gasteiger partial charge in [0.05, 0.1) is 19.3 Å². The Labute approximate surface area is 154 Å². The Morgan fingerprint density at radius 2 is 1.31 bits per heavy atom. The minimum atomic E-state index is -0.404. The van der Waals surface area contributed by atoms with Crippen LogP contribution in [0.5, 0.6) is 0 Å². The normalized spacial score (nSPS) is 17.9. The van der Waals surface area contributed by atoms with E-state index in [4.69, 9.17) is 5.11 Å². The smallest absolute Gasteiger partial charge is 0.0845 e. The first kappa shape index (κ1) is 17.5. The van der Waals surface area contributed by atoms with Gasteiger partial charge in [-0.15, -0.1) is 0 Å². The SMILES string of the molecule is OCCN1CCN(C[C@H](O)Cn2c3ccccc3c3ccccc32)CC1. The quantitative estimate of drug-likeness (QED) is 0.709. The number of hydrogen-bond donors (Lipinski definition) is 2. The van der Waals surface area contributed by atoms with Crippen molar-refractivity contribution in [2.75, 3.05) is 45.9 Å². The Bertz CT molecular complexity index is 815. The van der Waals surface area contributed by atoms with Crippen LogP contribution in [0.3, 0.4) is 0 Å². The molecule has 26 heavy (non-hydrogen) atoms. The van der Waals surface area contributed by atoms with Crippen molar-refractivity contribution < 1.29 is 10.2 Å². The third kappa shape index (κ3) is 3.48. The average molecular weight is 353 g/mol. The second-order valence-electron chi connectivity index (χ2n) is 7.16. The lowest BCUT2D eigenvalue weighted by atomic mass is 10.2. The van der Waals surface area contributed by atoms with Gasteiger partial charge >= 0.3 is 0 Å². The van der Waals surface area contributed by atoms with Crippen LogP contribution >= 0.6 is 0 Å². The van der Waals surface area contributed by atoms with Crippen LogP contribution in [0, 0.1) is 0 Å². The van der Waals surface area contributed by atoms with Crippen LogP contribution in [0.15, 0.2) is 48.5 Å². The molecule has 1 aliphatic heterocycles. The summed E-state index contributed by atoms with van der Waals surface area (Å²) in [5.74, 6) is 0. The van der Waals surface area contributed by atoms with Crippen LogP contribution in [0.2, 0.25) is 0 Å². The first-order valence-electron chi connectivity index (χ1n) is 9.46. The zero-order valence-corrected chi connectivity index (χ0v) is 15.1. The number of rotatable bonds is 6. The van der Waals surface area contributed by atoms with Crippen LogP contribution in [-0.2, 0) is 6.54 Å². The summed E-state index contributed by atoms with van der Waals surface area (Å²) in [6.07, 6.45) is -0.404. The lowest BCUT2D eigenvalue weighted by Crippen LogP contribution is -2.49. The highest BCUT2D eigenvalue weighted by atomic mass is 16.3. The van der Waals surface area contributed by atoms with Crippen molar-refractivity contribution in [1.29, 1.82) is 0 Å². The van der Waals surface area contributed by atoms with Gasteiger partial charge in [0.2, 0.25) is 0 Å². The summed E-state index contributed by atoms with van der Waals surface area (Å²) in [7, 11) is 0. The predicted molar refractivity (Wildman–Crippen MR) is 105 cm³/mol. The Kier molecular flexibility index (Phi) is 5.22. The monoisotopic (exact) mass is 353 g/mol. The molecule has 2 N–H and O–H groups in total. The number of β-amino-alcohol motifs (C(OH)–C–C–N with tert-alkyl or cyclic N) is 2. The molecule has 5 nitrogen and oxygen atoms in total. The molecule has 4 rings (SSSR count). The Hall–Kier alpha value is -1.92. The molecule has 1 saturated heterocycles. The Balaban J connectivity index is 1.48. The average Bonchev–Trinajstić information content (AvgIpc) is 2.98. The molecule has 0 spiro atoms. The fraction of sp³-hybridized carbons (Fsp3) is 0.429. The summed E-state index contributed by atoms with van der Waals surface area (Å²) >= 11 is 0. The van der Waals surface area contributed by atoms with Crippen molar-refractivity contribution in [2.24, 2.45) is 0 Å². The summed E-state index contributed by atoms with van der Waals surface area (Å²) in [5.41, 5.74) is 2.36. The second kappa shape index (κ2) is 7.76. The summed E-state index contributed by atoms with van der Waals surface area (Å²) in [6, 6.07) is 16.8. The van der Waals surface area contributed by atoms with Gasteiger partial charge < -0.3 is 14.8 Å². The molecule has 0 bridgehead atoms. The summed E-state index contributed by atoms with van der Waals surface area (Å²) < 4.78 is 2.25. The van der Waals surface area contributed by atoms with Gasteiger partial charge in [0, 0.05) is 61.1 Å². The van der Waals surface area contributed by atoms with Crippen molar-refractivity contribution in [3.05, 3.63) is 48.5 Å². The molecule has 1 aromatic heterocycles. The molecule has 0 saturated carbocycles. The molecule has 2 heterocycles. The molecule has 0 amide bonds. The lowest BCUT2D eigenvalue weighted by molar-refractivity contribution is 0.0601. The van der Waals surface area contributed by atoms with E-state index in [2.05, 4.69) is 62.9 Å². The number of piperazine rings is 1. The maximum Gasteiger partial charge on any atom is 0.0845 e. The first-order chi connectivity index (χ1) is 12.8. The standard InChI is InChI=1S/C21H27N3O2/c25-14-13-22-9-11-23(12-10-22)15-17(26)16-24-20-7-3-1-5-18(20)19-6-2-4-8-21(19)24/h1-8,17,25-26H,9-16H2/t17-/m0/s1. The van der Waals surface area contributed by atoms with E-state index in [1.807, 2.05) is 0 Å². The number of aliphatic hydroxyl groups excluding tert-OH is 2. The van der Waals surface area contributed by atoms with Gasteiger partial charge in [-0.2, -0.15) is 0 Å². The van der Waals surface area contributed by atoms with Crippen LogP contribution in [0.4, 0.5) is 0 Å². The van der Waals surface area contributed by atoms with Crippen molar-refractivity contribution in [1.82, 2.24) is 14.4 Å². The number of hydrogen-bond acceptors (Lipinski definition) is 4. The molecule has 2 aromatic carbocycles. The fourth-order valence-corrected chi connectivity index (χ4v) is 4.10. The van der Waals surface area contributed by atoms with Gasteiger partial charge in [0.15, 0.2) is 0 Å². The van der Waals surface area contributed by atoms with E-state index < -0.39 is 6.10 Å². The molecular formula is C21H27N3O2. The molecule has 1 atom stereocenters. The zero-order valence-electron chi connectivity index (χ0n) is 15.1. The highest BCUT2D eigenvalue weighted by Crippen LogP contribution is 2.28. The number of aliphatic hydroxyl groups is 2. The topological polar surface area (TPSA) is 51.9 Å². The predicted octanol–water partition coefficient (Wildman–Crippen LogP) is 1.77. The van der Waals surface area contributed by atoms with E-state index in [0.717, 1.165) is 32.7 Å². The fourth-order valence-electron chi connectivity index (χ4n) is 4.10. The van der Waals surface area contributed by atoms with Crippen LogP contribution in [0.25, 0.3) is 21.8 Å². The van der Waals surface area contributed by atoms with E-state index >= 15 is 0 Å². The molecule has 0 unspecified atom stereocenters. The zero-order chi connectivity index (χ0) is 17.9. The second-order valence-corrected chi connectivity index (χ2v) is 7.16. The first-order valence-corrected chi connectivity index (χ1v) is 9.46. The summed E-state index contributed by atoms with van der Waals surface area (Å²) in [4.78, 5) is 4.60. The molecule has 1 aliphatic rings. The van der Waals surface area contributed by atoms with Crippen molar-refractivity contribution in [3.63, 3.8) is 0 Å². The van der Waals surface area contributed by atoms with Crippen molar-refractivity contribution in [2.45, 2.75) is 12.6 Å². The van der Waals surface area contributed by atoms with Gasteiger partial charge in [-0.1, -0.05) is 36.4 Å². The summed E-state index contributed by atoms with van der Waals surface area (Å²) in [5, 5.41) is 22.3. The number of para-hydroxylation sites is 2. The van der Waals surface area contributed by atoms with Gasteiger partial charge in [-0.05, 0) is 12.1 Å². The number of benzene rings is 2. The van der Waals surface area contributed by atoms with E-state index in [1.54, 1.807) is 0 Å². The van der Waals surface area contributed by atoms with Gasteiger partial charge in [-0.25, -0.2) is 0 Å². The third-order valence-electron chi connectivity index (χ3n) is 5.42. The van der Waals surface area contributed by atoms with Gasteiger partial charge in [0.1, 0.15) is 0 Å². The number of aromatic nitrogens is 1. The minimum absolute atomic E-state index is 0.219. The van der Waals surface area contributed by atoms with Crippen LogP contribution in [0.1, 0.15) is 0 Å². The van der Waals surface area contributed by atoms with Gasteiger partial charge in [-0.3, -0.25) is 9.80 Å². The highest BCUT2D eigenvalue weighted by Gasteiger charge is 2.20. The molecule has 5 heteroatoms. The molecule has 0 radical (unpaired) electrons. The molecule has 3 aromatic rings. The maximum atomic E-state index is 10.7. The maximum absolute atomic E-state index is 10.7. The largest absolute Gasteiger partial charge is 0.395 e. The van der Waals surface area contributed by atoms with Crippen LogP contribution < -0.4 is 0 Å². The molecular weight excluding hydrogens is 326 g/mol. The third-order valence-corrected chi connectivity index (χ3v) is 5.42. The van der Waals surface area contributed by atoms with E-state index in [-0.39, 0.29) is 6.61 Å². The Morgan fingerprint density at radius 3 is 1.88 bits per heavy atom. The van der Waals surface area contributed by atoms with Gasteiger partial charge in [0.25, 0.3) is 0 Å². The van der Waals surface area contributed by atoms with Crippen molar-refractivity contribution in [3.8, 4) is 0 Å². The van der Waals surface area contributed by atoms with E-state index in [0.29, 0.717) is 13.1 Å². The molecule has 1 fully saturated rings. The van der Waals surface area contributed by atoms with E-state index in [9.17, 15) is 5.11 Å². The highest BCUT2D eigenvalue weighted by molar-refractivity contribution is 6.07. The Morgan fingerprint density at radius 1 is 0.769 bits per heavy atom. The molecule has 0 aliphatic carbocycles. The summed E-state index contributed by atoms with van der Waals surface area (Å²) in [6.45, 7) is 6.08. The number of nitrogens with zero attached hydrogens (tertiary/aromatic N) is 3. The number of fused-ring (bicyclic) bond motifs is 3.